The van der Waals surface area contributed by atoms with Crippen LogP contribution in [0.15, 0.2) is 0 Å². The highest BCUT2D eigenvalue weighted by atomic mass is 16.5. The van der Waals surface area contributed by atoms with E-state index >= 15 is 0 Å². The van der Waals surface area contributed by atoms with Crippen LogP contribution >= 0.6 is 0 Å². The third kappa shape index (κ3) is 2.15. The van der Waals surface area contributed by atoms with Crippen molar-refractivity contribution in [1.82, 2.24) is 0 Å². The molecule has 0 saturated heterocycles. The molecule has 4 saturated carbocycles. The molecule has 24 heavy (non-hydrogen) atoms. The summed E-state index contributed by atoms with van der Waals surface area (Å²) in [5.41, 5.74) is 0.414. The molecule has 4 fully saturated rings. The predicted octanol–water partition coefficient (Wildman–Crippen LogP) is 4.18. The van der Waals surface area contributed by atoms with Crippen molar-refractivity contribution in [2.75, 3.05) is 7.11 Å². The Balaban J connectivity index is 1.65. The van der Waals surface area contributed by atoms with Gasteiger partial charge in [-0.2, -0.15) is 0 Å². The first kappa shape index (κ1) is 16.9. The van der Waals surface area contributed by atoms with Crippen molar-refractivity contribution in [2.45, 2.75) is 77.7 Å². The smallest absolute Gasteiger partial charge is 0.309 e. The lowest BCUT2D eigenvalue weighted by Crippen LogP contribution is -2.54. The topological polar surface area (TPSA) is 46.5 Å². The predicted molar refractivity (Wildman–Crippen MR) is 93.2 cm³/mol. The van der Waals surface area contributed by atoms with Gasteiger partial charge in [0.2, 0.25) is 0 Å². The molecule has 0 aliphatic heterocycles. The first-order valence-electron chi connectivity index (χ1n) is 10.2. The van der Waals surface area contributed by atoms with Crippen LogP contribution in [-0.4, -0.2) is 24.3 Å². The number of fused-ring (bicyclic) bond motifs is 5. The lowest BCUT2D eigenvalue weighted by molar-refractivity contribution is -0.157. The third-order valence-corrected chi connectivity index (χ3v) is 9.05. The maximum Gasteiger partial charge on any atom is 0.309 e. The highest BCUT2D eigenvalue weighted by Gasteiger charge is 2.63. The van der Waals surface area contributed by atoms with Gasteiger partial charge in [0, 0.05) is 0 Å². The van der Waals surface area contributed by atoms with Crippen LogP contribution in [0.2, 0.25) is 0 Å². The maximum atomic E-state index is 12.3. The summed E-state index contributed by atoms with van der Waals surface area (Å²) >= 11 is 0. The maximum absolute atomic E-state index is 12.3. The third-order valence-electron chi connectivity index (χ3n) is 9.05. The molecule has 1 N–H and O–H groups in total. The fourth-order valence-electron chi connectivity index (χ4n) is 7.87. The van der Waals surface area contributed by atoms with E-state index in [1.807, 2.05) is 0 Å². The lowest BCUT2D eigenvalue weighted by atomic mass is 9.44. The number of aliphatic hydroxyl groups is 1. The van der Waals surface area contributed by atoms with Crippen LogP contribution in [-0.2, 0) is 9.53 Å². The second kappa shape index (κ2) is 5.72. The van der Waals surface area contributed by atoms with E-state index in [0.29, 0.717) is 23.7 Å². The van der Waals surface area contributed by atoms with E-state index < -0.39 is 0 Å². The van der Waals surface area contributed by atoms with Gasteiger partial charge in [-0.1, -0.05) is 26.7 Å². The van der Waals surface area contributed by atoms with Gasteiger partial charge in [-0.25, -0.2) is 0 Å². The number of hydrogen-bond acceptors (Lipinski definition) is 3. The molecular weight excluding hydrogens is 300 g/mol. The molecule has 0 aromatic rings. The molecule has 0 aromatic carbocycles. The monoisotopic (exact) mass is 334 g/mol. The molecule has 0 heterocycles. The molecule has 4 rings (SSSR count). The van der Waals surface area contributed by atoms with Crippen LogP contribution in [0, 0.1) is 40.4 Å². The minimum absolute atomic E-state index is 0.0639. The molecule has 0 bridgehead atoms. The van der Waals surface area contributed by atoms with Gasteiger partial charge in [-0.15, -0.1) is 0 Å². The summed E-state index contributed by atoms with van der Waals surface area (Å²) in [4.78, 5) is 12.3. The fourth-order valence-corrected chi connectivity index (χ4v) is 7.87. The van der Waals surface area contributed by atoms with E-state index in [2.05, 4.69) is 13.8 Å². The molecule has 3 heteroatoms. The van der Waals surface area contributed by atoms with Crippen molar-refractivity contribution in [3.05, 3.63) is 0 Å². The van der Waals surface area contributed by atoms with E-state index in [1.165, 1.54) is 52.1 Å². The Bertz CT molecular complexity index is 517. The molecule has 4 aliphatic rings. The Morgan fingerprint density at radius 3 is 2.58 bits per heavy atom. The van der Waals surface area contributed by atoms with Gasteiger partial charge in [0.25, 0.3) is 0 Å². The van der Waals surface area contributed by atoms with E-state index in [4.69, 9.17) is 4.74 Å². The highest BCUT2D eigenvalue weighted by Crippen LogP contribution is 2.67. The first-order valence-corrected chi connectivity index (χ1v) is 10.2. The number of methoxy groups -OCH3 is 1. The number of rotatable bonds is 1. The Morgan fingerprint density at radius 2 is 1.83 bits per heavy atom. The molecule has 0 aromatic heterocycles. The number of carbonyl (C=O) groups is 1. The molecule has 0 spiro atoms. The fraction of sp³-hybridized carbons (Fsp3) is 0.952. The summed E-state index contributed by atoms with van der Waals surface area (Å²) in [5, 5.41) is 10.9. The van der Waals surface area contributed by atoms with Crippen LogP contribution in [0.1, 0.15) is 71.6 Å². The van der Waals surface area contributed by atoms with Gasteiger partial charge in [0.1, 0.15) is 0 Å². The zero-order chi connectivity index (χ0) is 17.1. The zero-order valence-electron chi connectivity index (χ0n) is 15.6. The van der Waals surface area contributed by atoms with E-state index in [9.17, 15) is 9.90 Å². The van der Waals surface area contributed by atoms with Crippen LogP contribution in [0.4, 0.5) is 0 Å². The van der Waals surface area contributed by atoms with Crippen LogP contribution in [0.5, 0.6) is 0 Å². The molecular formula is C21H34O3. The summed E-state index contributed by atoms with van der Waals surface area (Å²) in [6.07, 6.45) is 10.8. The molecule has 4 aliphatic carbocycles. The summed E-state index contributed by atoms with van der Waals surface area (Å²) in [6.45, 7) is 4.82. The molecule has 136 valence electrons. The zero-order valence-corrected chi connectivity index (χ0v) is 15.6. The number of hydrogen-bond donors (Lipinski definition) is 1. The van der Waals surface area contributed by atoms with E-state index in [-0.39, 0.29) is 23.4 Å². The largest absolute Gasteiger partial charge is 0.469 e. The minimum Gasteiger partial charge on any atom is -0.469 e. The van der Waals surface area contributed by atoms with Gasteiger partial charge < -0.3 is 9.84 Å². The Kier molecular flexibility index (Phi) is 4.02. The molecule has 0 amide bonds. The van der Waals surface area contributed by atoms with Crippen molar-refractivity contribution in [3.8, 4) is 0 Å². The van der Waals surface area contributed by atoms with E-state index in [1.54, 1.807) is 0 Å². The van der Waals surface area contributed by atoms with Gasteiger partial charge in [0.05, 0.1) is 19.1 Å². The number of carbonyl (C=O) groups excluding carboxylic acids is 1. The molecule has 8 atom stereocenters. The second-order valence-electron chi connectivity index (χ2n) is 9.75. The molecule has 3 nitrogen and oxygen atoms in total. The summed E-state index contributed by atoms with van der Waals surface area (Å²) in [6, 6.07) is 0. The van der Waals surface area contributed by atoms with Crippen LogP contribution in [0.3, 0.4) is 0 Å². The lowest BCUT2D eigenvalue weighted by Gasteiger charge is -2.60. The van der Waals surface area contributed by atoms with Crippen molar-refractivity contribution in [3.63, 3.8) is 0 Å². The van der Waals surface area contributed by atoms with Crippen molar-refractivity contribution >= 4 is 5.97 Å². The Labute approximate surface area is 146 Å². The molecule has 2 unspecified atom stereocenters. The van der Waals surface area contributed by atoms with Gasteiger partial charge in [-0.05, 0) is 79.4 Å². The first-order chi connectivity index (χ1) is 11.4. The summed E-state index contributed by atoms with van der Waals surface area (Å²) in [7, 11) is 1.49. The van der Waals surface area contributed by atoms with Crippen molar-refractivity contribution in [1.29, 1.82) is 0 Å². The van der Waals surface area contributed by atoms with Gasteiger partial charge in [-0.3, -0.25) is 4.79 Å². The number of aliphatic hydroxyl groups excluding tert-OH is 1. The van der Waals surface area contributed by atoms with Crippen molar-refractivity contribution in [2.24, 2.45) is 40.4 Å². The second-order valence-corrected chi connectivity index (χ2v) is 9.75. The summed E-state index contributed by atoms with van der Waals surface area (Å²) < 4.78 is 5.09. The van der Waals surface area contributed by atoms with Gasteiger partial charge in [0.15, 0.2) is 0 Å². The quantitative estimate of drug-likeness (QED) is 0.732. The number of esters is 1. The SMILES string of the molecule is COC(=O)C1CC(O)[C@H]2[C@@H]3CC[C@H]4CCCC[C@]4(C)[C@H]3CC[C@]12C. The highest BCUT2D eigenvalue weighted by molar-refractivity contribution is 5.74. The van der Waals surface area contributed by atoms with Gasteiger partial charge >= 0.3 is 5.97 Å². The minimum atomic E-state index is -0.323. The van der Waals surface area contributed by atoms with E-state index in [0.717, 1.165) is 18.3 Å². The molecule has 0 radical (unpaired) electrons. The Hall–Kier alpha value is -0.570. The number of ether oxygens (including phenoxy) is 1. The standard InChI is InChI=1S/C21H34O3/c1-20-10-5-4-6-13(20)7-8-14-15(20)9-11-21(2)16(19(23)24-3)12-17(22)18(14)21/h13-18,22H,4-12H2,1-3H3/t13-,14-,15+,16?,17?,18-,20+,21-/m1/s1. The summed E-state index contributed by atoms with van der Waals surface area (Å²) in [5.74, 6) is 2.33. The normalized spacial score (nSPS) is 53.7. The Morgan fingerprint density at radius 1 is 1.04 bits per heavy atom. The van der Waals surface area contributed by atoms with Crippen LogP contribution in [0.25, 0.3) is 0 Å². The van der Waals surface area contributed by atoms with Crippen LogP contribution < -0.4 is 0 Å². The average Bonchev–Trinajstić information content (AvgIpc) is 2.85. The van der Waals surface area contributed by atoms with Crippen molar-refractivity contribution < 1.29 is 14.6 Å². The average molecular weight is 335 g/mol.